The Morgan fingerprint density at radius 3 is 2.69 bits per heavy atom. The lowest BCUT2D eigenvalue weighted by Gasteiger charge is -2.01. The maximum absolute atomic E-state index is 13.5. The number of benzene rings is 1. The number of aldehydes is 1. The highest BCUT2D eigenvalue weighted by atomic mass is 19.1. The number of nitrogens with zero attached hydrogens (tertiary/aromatic N) is 1. The van der Waals surface area contributed by atoms with Crippen LogP contribution in [-0.4, -0.2) is 17.4 Å². The third-order valence-corrected chi connectivity index (χ3v) is 1.85. The Balaban J connectivity index is 3.39. The largest absolute Gasteiger partial charge is 0.478 e. The van der Waals surface area contributed by atoms with Gasteiger partial charge in [-0.05, 0) is 18.2 Å². The topological polar surface area (TPSA) is 78.2 Å². The van der Waals surface area contributed by atoms with E-state index in [2.05, 4.69) is 0 Å². The Kier molecular flexibility index (Phi) is 3.51. The van der Waals surface area contributed by atoms with Crippen LogP contribution in [-0.2, 0) is 4.79 Å². The van der Waals surface area contributed by atoms with Gasteiger partial charge in [0.2, 0.25) is 0 Å². The predicted octanol–water partition coefficient (Wildman–Crippen LogP) is 1.61. The van der Waals surface area contributed by atoms with Gasteiger partial charge in [0.05, 0.1) is 5.56 Å². The van der Waals surface area contributed by atoms with E-state index in [1.807, 2.05) is 0 Å². The van der Waals surface area contributed by atoms with E-state index in [-0.39, 0.29) is 16.7 Å². The Hall–Kier alpha value is -2.48. The normalized spacial score (nSPS) is 10.0. The summed E-state index contributed by atoms with van der Waals surface area (Å²) in [6.07, 6.45) is 2.04. The number of aliphatic carboxylic acids is 1. The van der Waals surface area contributed by atoms with Crippen molar-refractivity contribution in [2.45, 2.75) is 0 Å². The summed E-state index contributed by atoms with van der Waals surface area (Å²) in [5.41, 5.74) is -0.443. The number of nitriles is 1. The average Bonchev–Trinajstić information content (AvgIpc) is 2.26. The molecular weight excluding hydrogens is 213 g/mol. The molecule has 0 aliphatic heterocycles. The molecule has 16 heavy (non-hydrogen) atoms. The predicted molar refractivity (Wildman–Crippen MR) is 53.2 cm³/mol. The molecule has 5 heteroatoms. The Bertz CT molecular complexity index is 515. The van der Waals surface area contributed by atoms with Crippen LogP contribution >= 0.6 is 0 Å². The van der Waals surface area contributed by atoms with Crippen LogP contribution in [0.3, 0.4) is 0 Å². The Morgan fingerprint density at radius 1 is 1.50 bits per heavy atom. The van der Waals surface area contributed by atoms with Crippen LogP contribution < -0.4 is 0 Å². The molecule has 0 radical (unpaired) electrons. The molecule has 0 bridgehead atoms. The maximum Gasteiger partial charge on any atom is 0.328 e. The highest BCUT2D eigenvalue weighted by molar-refractivity contribution is 5.89. The Labute approximate surface area is 90.2 Å². The van der Waals surface area contributed by atoms with Crippen molar-refractivity contribution < 1.29 is 19.1 Å². The van der Waals surface area contributed by atoms with Gasteiger partial charge in [-0.25, -0.2) is 9.18 Å². The summed E-state index contributed by atoms with van der Waals surface area (Å²) < 4.78 is 13.5. The van der Waals surface area contributed by atoms with Gasteiger partial charge in [0.25, 0.3) is 0 Å². The number of hydrogen-bond acceptors (Lipinski definition) is 3. The fraction of sp³-hybridized carbons (Fsp3) is 0. The fourth-order valence-electron chi connectivity index (χ4n) is 1.12. The molecule has 0 fully saturated rings. The van der Waals surface area contributed by atoms with Crippen LogP contribution in [0.15, 0.2) is 18.2 Å². The van der Waals surface area contributed by atoms with E-state index in [1.54, 1.807) is 6.07 Å². The summed E-state index contributed by atoms with van der Waals surface area (Å²) in [7, 11) is 0. The molecule has 1 rings (SSSR count). The van der Waals surface area contributed by atoms with Crippen molar-refractivity contribution in [1.29, 1.82) is 5.26 Å². The lowest BCUT2D eigenvalue weighted by Crippen LogP contribution is -1.96. The van der Waals surface area contributed by atoms with Gasteiger partial charge >= 0.3 is 5.97 Å². The highest BCUT2D eigenvalue weighted by Crippen LogP contribution is 2.17. The zero-order chi connectivity index (χ0) is 12.1. The van der Waals surface area contributed by atoms with Crippen molar-refractivity contribution in [2.24, 2.45) is 0 Å². The fourth-order valence-corrected chi connectivity index (χ4v) is 1.12. The number of halogens is 1. The van der Waals surface area contributed by atoms with Crippen molar-refractivity contribution in [3.8, 4) is 6.07 Å². The number of carbonyl (C=O) groups excluding carboxylic acids is 1. The molecule has 80 valence electrons. The second kappa shape index (κ2) is 4.84. The summed E-state index contributed by atoms with van der Waals surface area (Å²) >= 11 is 0. The van der Waals surface area contributed by atoms with Crippen LogP contribution in [0.4, 0.5) is 4.39 Å². The van der Waals surface area contributed by atoms with Gasteiger partial charge in [-0.2, -0.15) is 5.26 Å². The third kappa shape index (κ3) is 2.30. The van der Waals surface area contributed by atoms with E-state index in [1.165, 1.54) is 6.07 Å². The van der Waals surface area contributed by atoms with Crippen molar-refractivity contribution in [3.05, 3.63) is 40.7 Å². The summed E-state index contributed by atoms with van der Waals surface area (Å²) in [5.74, 6) is -2.16. The van der Waals surface area contributed by atoms with Gasteiger partial charge in [-0.1, -0.05) is 0 Å². The van der Waals surface area contributed by atoms with E-state index in [9.17, 15) is 14.0 Å². The van der Waals surface area contributed by atoms with Gasteiger partial charge in [-0.3, -0.25) is 4.79 Å². The second-order valence-electron chi connectivity index (χ2n) is 2.83. The van der Waals surface area contributed by atoms with E-state index in [4.69, 9.17) is 10.4 Å². The van der Waals surface area contributed by atoms with Crippen LogP contribution in [0.25, 0.3) is 6.08 Å². The van der Waals surface area contributed by atoms with E-state index in [0.29, 0.717) is 12.4 Å². The first kappa shape index (κ1) is 11.6. The summed E-state index contributed by atoms with van der Waals surface area (Å²) in [6.45, 7) is 0. The summed E-state index contributed by atoms with van der Waals surface area (Å²) in [6, 6.07) is 4.03. The minimum atomic E-state index is -1.27. The first-order valence-electron chi connectivity index (χ1n) is 4.19. The van der Waals surface area contributed by atoms with Gasteiger partial charge in [0.1, 0.15) is 11.9 Å². The molecule has 4 nitrogen and oxygen atoms in total. The number of rotatable bonds is 3. The minimum absolute atomic E-state index is 0.00556. The summed E-state index contributed by atoms with van der Waals surface area (Å²) in [5, 5.41) is 17.0. The molecule has 1 N–H and O–H groups in total. The molecule has 0 spiro atoms. The molecule has 0 saturated heterocycles. The van der Waals surface area contributed by atoms with Crippen molar-refractivity contribution in [1.82, 2.24) is 0 Å². The molecule has 0 saturated carbocycles. The molecule has 1 aromatic rings. The van der Waals surface area contributed by atoms with Gasteiger partial charge < -0.3 is 5.11 Å². The van der Waals surface area contributed by atoms with Crippen LogP contribution in [0.5, 0.6) is 0 Å². The molecule has 0 aliphatic carbocycles. The van der Waals surface area contributed by atoms with Crippen LogP contribution in [0.1, 0.15) is 21.5 Å². The number of carbonyl (C=O) groups is 2. The van der Waals surface area contributed by atoms with E-state index in [0.717, 1.165) is 12.1 Å². The Morgan fingerprint density at radius 2 is 2.19 bits per heavy atom. The van der Waals surface area contributed by atoms with Crippen molar-refractivity contribution >= 4 is 18.3 Å². The lowest BCUT2D eigenvalue weighted by molar-refractivity contribution is -0.131. The molecule has 0 heterocycles. The number of carboxylic acids is 1. The van der Waals surface area contributed by atoms with Crippen LogP contribution in [0.2, 0.25) is 0 Å². The van der Waals surface area contributed by atoms with Crippen molar-refractivity contribution in [3.63, 3.8) is 0 Å². The van der Waals surface area contributed by atoms with Crippen molar-refractivity contribution in [2.75, 3.05) is 0 Å². The minimum Gasteiger partial charge on any atom is -0.478 e. The molecular formula is C11H6FNO3. The second-order valence-corrected chi connectivity index (χ2v) is 2.83. The molecule has 0 amide bonds. The molecule has 1 aromatic carbocycles. The van der Waals surface area contributed by atoms with Crippen LogP contribution in [0, 0.1) is 17.1 Å². The smallest absolute Gasteiger partial charge is 0.328 e. The summed E-state index contributed by atoms with van der Waals surface area (Å²) in [4.78, 5) is 20.9. The number of hydrogen-bond donors (Lipinski definition) is 1. The first-order valence-corrected chi connectivity index (χ1v) is 4.19. The van der Waals surface area contributed by atoms with Gasteiger partial charge in [-0.15, -0.1) is 0 Å². The molecule has 0 aliphatic rings. The SMILES string of the molecule is N#Cc1ccc(C=O)c(/C=C/C(=O)O)c1F. The maximum atomic E-state index is 13.5. The standard InChI is InChI=1S/C11H6FNO3/c12-11-7(5-13)1-2-8(6-14)9(11)3-4-10(15)16/h1-4,6H,(H,15,16)/b4-3+. The van der Waals surface area contributed by atoms with E-state index < -0.39 is 11.8 Å². The molecule has 0 unspecified atom stereocenters. The zero-order valence-electron chi connectivity index (χ0n) is 7.98. The number of carboxylic acid groups (broad SMARTS) is 1. The van der Waals surface area contributed by atoms with Gasteiger partial charge in [0, 0.05) is 17.2 Å². The quantitative estimate of drug-likeness (QED) is 0.618. The van der Waals surface area contributed by atoms with Gasteiger partial charge in [0.15, 0.2) is 6.29 Å². The van der Waals surface area contributed by atoms with E-state index >= 15 is 0 Å². The first-order chi connectivity index (χ1) is 7.60. The molecule has 0 aromatic heterocycles. The molecule has 0 atom stereocenters. The monoisotopic (exact) mass is 219 g/mol. The average molecular weight is 219 g/mol. The lowest BCUT2D eigenvalue weighted by atomic mass is 10.0. The highest BCUT2D eigenvalue weighted by Gasteiger charge is 2.10. The zero-order valence-corrected chi connectivity index (χ0v) is 7.98. The third-order valence-electron chi connectivity index (χ3n) is 1.85.